The lowest BCUT2D eigenvalue weighted by atomic mass is 10.1. The van der Waals surface area contributed by atoms with Crippen molar-refractivity contribution in [1.29, 1.82) is 5.41 Å². The average molecular weight is 369 g/mol. The number of aliphatic hydroxyl groups is 3. The van der Waals surface area contributed by atoms with Gasteiger partial charge >= 0.3 is 16.1 Å². The average Bonchev–Trinajstić information content (AvgIpc) is 2.81. The van der Waals surface area contributed by atoms with Crippen LogP contribution in [0.5, 0.6) is 0 Å². The summed E-state index contributed by atoms with van der Waals surface area (Å²) in [5.41, 5.74) is -0.527. The predicted octanol–water partition coefficient (Wildman–Crippen LogP) is -3.29. The number of hydrogen-bond donors (Lipinski definition) is 5. The second-order valence-corrected chi connectivity index (χ2v) is 5.96. The Hall–Kier alpha value is -1.61. The SMILES string of the molecule is COS(=O)(=O)O.Cn1c(=N)ccn([C@H]2O[C@@H](CO)[C@H](O)[C@@H]2O)c1=O. The largest absolute Gasteiger partial charge is 0.397 e. The van der Waals surface area contributed by atoms with E-state index in [1.165, 1.54) is 19.3 Å². The van der Waals surface area contributed by atoms with Gasteiger partial charge in [0.05, 0.1) is 13.7 Å². The third-order valence-electron chi connectivity index (χ3n) is 3.26. The van der Waals surface area contributed by atoms with Crippen LogP contribution in [0, 0.1) is 5.41 Å². The van der Waals surface area contributed by atoms with Gasteiger partial charge in [-0.2, -0.15) is 8.42 Å². The highest BCUT2D eigenvalue weighted by Gasteiger charge is 2.43. The smallest absolute Gasteiger partial charge is 0.394 e. The minimum Gasteiger partial charge on any atom is -0.394 e. The molecule has 138 valence electrons. The van der Waals surface area contributed by atoms with Crippen LogP contribution in [0.3, 0.4) is 0 Å². The third kappa shape index (κ3) is 4.70. The summed E-state index contributed by atoms with van der Waals surface area (Å²) < 4.78 is 37.1. The van der Waals surface area contributed by atoms with Crippen LogP contribution in [-0.4, -0.2) is 69.5 Å². The summed E-state index contributed by atoms with van der Waals surface area (Å²) in [4.78, 5) is 11.9. The first-order chi connectivity index (χ1) is 11.0. The lowest BCUT2D eigenvalue weighted by molar-refractivity contribution is -0.0555. The van der Waals surface area contributed by atoms with Gasteiger partial charge < -0.3 is 20.1 Å². The van der Waals surface area contributed by atoms with Gasteiger partial charge in [0.15, 0.2) is 6.23 Å². The fraction of sp³-hybridized carbons (Fsp3) is 0.636. The van der Waals surface area contributed by atoms with Crippen molar-refractivity contribution in [3.63, 3.8) is 0 Å². The lowest BCUT2D eigenvalue weighted by Gasteiger charge is -2.18. The summed E-state index contributed by atoms with van der Waals surface area (Å²) in [5.74, 6) is 0. The molecule has 0 radical (unpaired) electrons. The molecule has 24 heavy (non-hydrogen) atoms. The number of aromatic nitrogens is 2. The summed E-state index contributed by atoms with van der Waals surface area (Å²) in [5, 5.41) is 35.8. The molecular weight excluding hydrogens is 350 g/mol. The van der Waals surface area contributed by atoms with Crippen molar-refractivity contribution in [1.82, 2.24) is 9.13 Å². The molecule has 0 bridgehead atoms. The normalized spacial score (nSPS) is 26.8. The van der Waals surface area contributed by atoms with Crippen molar-refractivity contribution in [2.45, 2.75) is 24.5 Å². The zero-order chi connectivity index (χ0) is 18.7. The Labute approximate surface area is 136 Å². The molecule has 0 aromatic carbocycles. The van der Waals surface area contributed by atoms with Crippen molar-refractivity contribution >= 4 is 10.4 Å². The summed E-state index contributed by atoms with van der Waals surface area (Å²) in [6.45, 7) is -0.452. The van der Waals surface area contributed by atoms with E-state index in [4.69, 9.17) is 19.8 Å². The fourth-order valence-corrected chi connectivity index (χ4v) is 1.91. The van der Waals surface area contributed by atoms with Crippen LogP contribution >= 0.6 is 0 Å². The summed E-state index contributed by atoms with van der Waals surface area (Å²) in [7, 11) is -1.87. The molecule has 1 aliphatic rings. The molecule has 1 saturated heterocycles. The van der Waals surface area contributed by atoms with Gasteiger partial charge in [-0.05, 0) is 6.07 Å². The van der Waals surface area contributed by atoms with Crippen LogP contribution in [0.25, 0.3) is 0 Å². The van der Waals surface area contributed by atoms with Gasteiger partial charge in [0.1, 0.15) is 23.8 Å². The standard InChI is InChI=1S/C10H15N3O5.CH4O4S/c1-12-6(11)2-3-13(10(12)17)9-8(16)7(15)5(4-14)18-9;1-5-6(2,3)4/h2-3,5,7-9,11,14-16H,4H2,1H3;1H3,(H,2,3,4)/t5-,7-,8-,9-;/m0./s1. The zero-order valence-electron chi connectivity index (χ0n) is 12.8. The van der Waals surface area contributed by atoms with Gasteiger partial charge in [-0.15, -0.1) is 0 Å². The second-order valence-electron chi connectivity index (χ2n) is 4.77. The van der Waals surface area contributed by atoms with Crippen molar-refractivity contribution in [3.05, 3.63) is 28.2 Å². The van der Waals surface area contributed by atoms with Gasteiger partial charge in [0, 0.05) is 13.2 Å². The lowest BCUT2D eigenvalue weighted by Crippen LogP contribution is -2.41. The molecule has 0 unspecified atom stereocenters. The van der Waals surface area contributed by atoms with Crippen LogP contribution in [0.2, 0.25) is 0 Å². The molecule has 1 fully saturated rings. The fourth-order valence-electron chi connectivity index (χ4n) is 1.91. The van der Waals surface area contributed by atoms with E-state index < -0.39 is 47.2 Å². The molecule has 2 heterocycles. The van der Waals surface area contributed by atoms with E-state index in [2.05, 4.69) is 4.18 Å². The van der Waals surface area contributed by atoms with E-state index in [-0.39, 0.29) is 5.49 Å². The molecule has 12 nitrogen and oxygen atoms in total. The molecule has 13 heteroatoms. The molecule has 1 aromatic rings. The Bertz CT molecular complexity index is 772. The van der Waals surface area contributed by atoms with E-state index in [1.54, 1.807) is 0 Å². The summed E-state index contributed by atoms with van der Waals surface area (Å²) >= 11 is 0. The van der Waals surface area contributed by atoms with Crippen LogP contribution in [-0.2, 0) is 26.4 Å². The quantitative estimate of drug-likeness (QED) is 0.341. The predicted molar refractivity (Wildman–Crippen MR) is 77.1 cm³/mol. The van der Waals surface area contributed by atoms with E-state index in [0.29, 0.717) is 0 Å². The first kappa shape index (κ1) is 20.4. The monoisotopic (exact) mass is 369 g/mol. The first-order valence-corrected chi connectivity index (χ1v) is 7.88. The molecule has 0 spiro atoms. The molecule has 5 N–H and O–H groups in total. The van der Waals surface area contributed by atoms with Crippen molar-refractivity contribution in [3.8, 4) is 0 Å². The topological polar surface area (TPSA) is 184 Å². The second kappa shape index (κ2) is 7.98. The Kier molecular flexibility index (Phi) is 6.79. The van der Waals surface area contributed by atoms with Crippen molar-refractivity contribution in [2.24, 2.45) is 7.05 Å². The first-order valence-electron chi connectivity index (χ1n) is 6.51. The van der Waals surface area contributed by atoms with Gasteiger partial charge in [-0.1, -0.05) is 0 Å². The molecule has 1 aromatic heterocycles. The number of nitrogens with one attached hydrogen (secondary N) is 1. The molecule has 0 aliphatic carbocycles. The maximum atomic E-state index is 11.9. The summed E-state index contributed by atoms with van der Waals surface area (Å²) in [6, 6.07) is 1.37. The van der Waals surface area contributed by atoms with Crippen LogP contribution in [0.4, 0.5) is 0 Å². The van der Waals surface area contributed by atoms with Crippen LogP contribution in [0.15, 0.2) is 17.1 Å². The molecule has 0 saturated carbocycles. The van der Waals surface area contributed by atoms with E-state index >= 15 is 0 Å². The number of nitrogens with zero attached hydrogens (tertiary/aromatic N) is 2. The number of ether oxygens (including phenoxy) is 1. The van der Waals surface area contributed by atoms with Gasteiger partial charge in [-0.3, -0.25) is 23.3 Å². The molecule has 2 rings (SSSR count). The minimum absolute atomic E-state index is 0.0167. The number of rotatable bonds is 3. The molecular formula is C11H19N3O9S. The Morgan fingerprint density at radius 1 is 1.38 bits per heavy atom. The highest BCUT2D eigenvalue weighted by atomic mass is 32.3. The zero-order valence-corrected chi connectivity index (χ0v) is 13.6. The minimum atomic E-state index is -4.16. The van der Waals surface area contributed by atoms with Crippen LogP contribution in [0.1, 0.15) is 6.23 Å². The molecule has 1 aliphatic heterocycles. The number of aliphatic hydroxyl groups excluding tert-OH is 3. The maximum absolute atomic E-state index is 11.9. The Morgan fingerprint density at radius 3 is 2.33 bits per heavy atom. The van der Waals surface area contributed by atoms with Gasteiger partial charge in [0.2, 0.25) is 0 Å². The van der Waals surface area contributed by atoms with E-state index in [9.17, 15) is 23.4 Å². The maximum Gasteiger partial charge on any atom is 0.397 e. The third-order valence-corrected chi connectivity index (χ3v) is 3.69. The van der Waals surface area contributed by atoms with Crippen LogP contribution < -0.4 is 11.2 Å². The molecule has 4 atom stereocenters. The Morgan fingerprint density at radius 2 is 1.92 bits per heavy atom. The van der Waals surface area contributed by atoms with E-state index in [0.717, 1.165) is 16.2 Å². The van der Waals surface area contributed by atoms with Crippen molar-refractivity contribution in [2.75, 3.05) is 13.7 Å². The summed E-state index contributed by atoms with van der Waals surface area (Å²) in [6.07, 6.45) is -3.26. The Balaban J connectivity index is 0.000000413. The van der Waals surface area contributed by atoms with Gasteiger partial charge in [0.25, 0.3) is 0 Å². The highest BCUT2D eigenvalue weighted by Crippen LogP contribution is 2.27. The van der Waals surface area contributed by atoms with Gasteiger partial charge in [-0.25, -0.2) is 4.79 Å². The van der Waals surface area contributed by atoms with Crippen molar-refractivity contribution < 1.29 is 37.2 Å². The number of hydrogen-bond acceptors (Lipinski definition) is 9. The molecule has 0 amide bonds. The van der Waals surface area contributed by atoms with E-state index in [1.807, 2.05) is 0 Å². The highest BCUT2D eigenvalue weighted by molar-refractivity contribution is 7.80.